The van der Waals surface area contributed by atoms with Gasteiger partial charge in [0.1, 0.15) is 0 Å². The third-order valence-electron chi connectivity index (χ3n) is 4.32. The van der Waals surface area contributed by atoms with E-state index in [1.165, 1.54) is 25.7 Å². The zero-order valence-corrected chi connectivity index (χ0v) is 11.2. The molecule has 98 valence electrons. The maximum atomic E-state index is 12.3. The molecule has 2 fully saturated rings. The van der Waals surface area contributed by atoms with Crippen molar-refractivity contribution in [2.45, 2.75) is 52.0 Å². The number of rotatable bonds is 2. The first kappa shape index (κ1) is 12.9. The number of piperidine rings is 2. The first-order valence-corrected chi connectivity index (χ1v) is 7.17. The Morgan fingerprint density at radius 1 is 1.35 bits per heavy atom. The van der Waals surface area contributed by atoms with Crippen LogP contribution in [0.25, 0.3) is 0 Å². The van der Waals surface area contributed by atoms with Crippen LogP contribution in [0, 0.1) is 11.8 Å². The Hall–Kier alpha value is -0.570. The van der Waals surface area contributed by atoms with Crippen LogP contribution in [0.15, 0.2) is 0 Å². The Morgan fingerprint density at radius 3 is 2.82 bits per heavy atom. The van der Waals surface area contributed by atoms with Gasteiger partial charge in [-0.1, -0.05) is 6.92 Å². The lowest BCUT2D eigenvalue weighted by atomic mass is 9.91. The number of carbonyl (C=O) groups excluding carboxylic acids is 1. The molecule has 2 heterocycles. The Bertz CT molecular complexity index is 261. The fourth-order valence-corrected chi connectivity index (χ4v) is 3.24. The molecule has 3 heteroatoms. The van der Waals surface area contributed by atoms with Gasteiger partial charge in [0.25, 0.3) is 0 Å². The number of carbonyl (C=O) groups is 1. The molecule has 3 atom stereocenters. The van der Waals surface area contributed by atoms with Crippen molar-refractivity contribution in [3.05, 3.63) is 0 Å². The van der Waals surface area contributed by atoms with Crippen molar-refractivity contribution in [1.82, 2.24) is 10.2 Å². The number of hydrogen-bond acceptors (Lipinski definition) is 2. The molecule has 2 rings (SSSR count). The summed E-state index contributed by atoms with van der Waals surface area (Å²) in [5, 5.41) is 3.39. The predicted molar refractivity (Wildman–Crippen MR) is 69.8 cm³/mol. The molecule has 0 radical (unpaired) electrons. The summed E-state index contributed by atoms with van der Waals surface area (Å²) in [6.07, 6.45) is 5.56. The topological polar surface area (TPSA) is 32.3 Å². The van der Waals surface area contributed by atoms with E-state index in [9.17, 15) is 4.79 Å². The van der Waals surface area contributed by atoms with Crippen LogP contribution in [0.1, 0.15) is 46.0 Å². The summed E-state index contributed by atoms with van der Waals surface area (Å²) in [6, 6.07) is 0.447. The van der Waals surface area contributed by atoms with Crippen LogP contribution in [0.4, 0.5) is 0 Å². The van der Waals surface area contributed by atoms with Crippen LogP contribution in [0.3, 0.4) is 0 Å². The van der Waals surface area contributed by atoms with Gasteiger partial charge >= 0.3 is 0 Å². The van der Waals surface area contributed by atoms with E-state index in [2.05, 4.69) is 24.1 Å². The van der Waals surface area contributed by atoms with Gasteiger partial charge in [-0.3, -0.25) is 4.79 Å². The summed E-state index contributed by atoms with van der Waals surface area (Å²) in [7, 11) is 0. The Kier molecular flexibility index (Phi) is 4.43. The van der Waals surface area contributed by atoms with Gasteiger partial charge in [0, 0.05) is 19.0 Å². The van der Waals surface area contributed by atoms with Gasteiger partial charge in [0.05, 0.1) is 0 Å². The predicted octanol–water partition coefficient (Wildman–Crippen LogP) is 2.02. The van der Waals surface area contributed by atoms with Gasteiger partial charge in [-0.25, -0.2) is 0 Å². The molecule has 2 saturated heterocycles. The minimum absolute atomic E-state index is 0.387. The number of amides is 1. The molecule has 2 aliphatic heterocycles. The molecule has 0 bridgehead atoms. The first-order chi connectivity index (χ1) is 8.16. The van der Waals surface area contributed by atoms with E-state index in [4.69, 9.17) is 0 Å². The molecule has 1 amide bonds. The highest BCUT2D eigenvalue weighted by Gasteiger charge is 2.28. The third-order valence-corrected chi connectivity index (χ3v) is 4.32. The summed E-state index contributed by atoms with van der Waals surface area (Å²) in [6.45, 7) is 7.63. The van der Waals surface area contributed by atoms with E-state index >= 15 is 0 Å². The lowest BCUT2D eigenvalue weighted by molar-refractivity contribution is -0.136. The molecule has 3 unspecified atom stereocenters. The normalized spacial score (nSPS) is 34.7. The summed E-state index contributed by atoms with van der Waals surface area (Å²) in [5.41, 5.74) is 0. The van der Waals surface area contributed by atoms with E-state index in [0.29, 0.717) is 17.9 Å². The third kappa shape index (κ3) is 3.44. The fraction of sp³-hybridized carbons (Fsp3) is 0.929. The summed E-state index contributed by atoms with van der Waals surface area (Å²) in [4.78, 5) is 14.4. The highest BCUT2D eigenvalue weighted by molar-refractivity contribution is 5.76. The van der Waals surface area contributed by atoms with Crippen molar-refractivity contribution >= 4 is 5.91 Å². The average Bonchev–Trinajstić information content (AvgIpc) is 2.30. The molecular formula is C14H26N2O. The summed E-state index contributed by atoms with van der Waals surface area (Å²) < 4.78 is 0. The number of likely N-dealkylation sites (tertiary alicyclic amines) is 1. The zero-order valence-electron chi connectivity index (χ0n) is 11.2. The minimum Gasteiger partial charge on any atom is -0.340 e. The number of hydrogen-bond donors (Lipinski definition) is 1. The van der Waals surface area contributed by atoms with Crippen molar-refractivity contribution in [2.24, 2.45) is 11.8 Å². The second kappa shape index (κ2) is 5.85. The molecule has 0 aromatic heterocycles. The molecule has 0 aliphatic carbocycles. The van der Waals surface area contributed by atoms with Gasteiger partial charge in [-0.15, -0.1) is 0 Å². The molecule has 2 aliphatic rings. The smallest absolute Gasteiger partial charge is 0.223 e. The molecule has 0 saturated carbocycles. The van der Waals surface area contributed by atoms with Crippen LogP contribution in [-0.4, -0.2) is 36.5 Å². The van der Waals surface area contributed by atoms with E-state index in [1.807, 2.05) is 0 Å². The Balaban J connectivity index is 1.82. The molecule has 0 spiro atoms. The van der Waals surface area contributed by atoms with Crippen LogP contribution in [0.5, 0.6) is 0 Å². The van der Waals surface area contributed by atoms with Gasteiger partial charge < -0.3 is 10.2 Å². The standard InChI is InChI=1S/C14H26N2O/c1-11-5-7-16(12(2)8-11)14(17)9-13-4-3-6-15-10-13/h11-13,15H,3-10H2,1-2H3. The monoisotopic (exact) mass is 238 g/mol. The molecule has 1 N–H and O–H groups in total. The summed E-state index contributed by atoms with van der Waals surface area (Å²) in [5.74, 6) is 1.74. The molecule has 0 aromatic rings. The first-order valence-electron chi connectivity index (χ1n) is 7.17. The molecule has 3 nitrogen and oxygen atoms in total. The van der Waals surface area contributed by atoms with Crippen molar-refractivity contribution < 1.29 is 4.79 Å². The second-order valence-corrected chi connectivity index (χ2v) is 5.98. The quantitative estimate of drug-likeness (QED) is 0.798. The average molecular weight is 238 g/mol. The van der Waals surface area contributed by atoms with Gasteiger partial charge in [0.2, 0.25) is 5.91 Å². The Labute approximate surface area is 105 Å². The van der Waals surface area contributed by atoms with E-state index in [1.54, 1.807) is 0 Å². The van der Waals surface area contributed by atoms with Gasteiger partial charge in [-0.2, -0.15) is 0 Å². The lowest BCUT2D eigenvalue weighted by Gasteiger charge is -2.37. The van der Waals surface area contributed by atoms with E-state index in [0.717, 1.165) is 32.0 Å². The maximum absolute atomic E-state index is 12.3. The second-order valence-electron chi connectivity index (χ2n) is 5.98. The Morgan fingerprint density at radius 2 is 2.18 bits per heavy atom. The SMILES string of the molecule is CC1CCN(C(=O)CC2CCCNC2)C(C)C1. The highest BCUT2D eigenvalue weighted by atomic mass is 16.2. The number of nitrogens with one attached hydrogen (secondary N) is 1. The molecule has 17 heavy (non-hydrogen) atoms. The van der Waals surface area contributed by atoms with E-state index in [-0.39, 0.29) is 0 Å². The fourth-order valence-electron chi connectivity index (χ4n) is 3.24. The molecular weight excluding hydrogens is 212 g/mol. The van der Waals surface area contributed by atoms with Crippen LogP contribution in [-0.2, 0) is 4.79 Å². The van der Waals surface area contributed by atoms with Crippen LogP contribution >= 0.6 is 0 Å². The zero-order chi connectivity index (χ0) is 12.3. The van der Waals surface area contributed by atoms with Crippen molar-refractivity contribution in [2.75, 3.05) is 19.6 Å². The lowest BCUT2D eigenvalue weighted by Crippen LogP contribution is -2.45. The van der Waals surface area contributed by atoms with E-state index < -0.39 is 0 Å². The molecule has 0 aromatic carbocycles. The highest BCUT2D eigenvalue weighted by Crippen LogP contribution is 2.24. The van der Waals surface area contributed by atoms with Crippen molar-refractivity contribution in [1.29, 1.82) is 0 Å². The number of nitrogens with zero attached hydrogens (tertiary/aromatic N) is 1. The minimum atomic E-state index is 0.387. The van der Waals surface area contributed by atoms with Crippen molar-refractivity contribution in [3.8, 4) is 0 Å². The van der Waals surface area contributed by atoms with Gasteiger partial charge in [0.15, 0.2) is 0 Å². The van der Waals surface area contributed by atoms with Crippen LogP contribution in [0.2, 0.25) is 0 Å². The van der Waals surface area contributed by atoms with Gasteiger partial charge in [-0.05, 0) is 57.5 Å². The van der Waals surface area contributed by atoms with Crippen LogP contribution < -0.4 is 5.32 Å². The summed E-state index contributed by atoms with van der Waals surface area (Å²) >= 11 is 0. The largest absolute Gasteiger partial charge is 0.340 e. The maximum Gasteiger partial charge on any atom is 0.223 e. The van der Waals surface area contributed by atoms with Crippen molar-refractivity contribution in [3.63, 3.8) is 0 Å².